The number of rotatable bonds is 3. The van der Waals surface area contributed by atoms with Crippen LogP contribution in [0.2, 0.25) is 0 Å². The number of hydrogen-bond acceptors (Lipinski definition) is 1. The fourth-order valence-electron chi connectivity index (χ4n) is 2.96. The van der Waals surface area contributed by atoms with Crippen LogP contribution in [0.1, 0.15) is 0 Å². The van der Waals surface area contributed by atoms with Gasteiger partial charge in [-0.1, -0.05) is 71.4 Å². The van der Waals surface area contributed by atoms with Crippen molar-refractivity contribution in [2.45, 2.75) is 0 Å². The average molecular weight is 325 g/mol. The molecule has 3 nitrogen and oxygen atoms in total. The van der Waals surface area contributed by atoms with E-state index in [1.165, 1.54) is 0 Å². The smallest absolute Gasteiger partial charge is 0.200 e. The second-order valence-electron chi connectivity index (χ2n) is 5.76. The molecule has 0 spiro atoms. The van der Waals surface area contributed by atoms with Crippen LogP contribution in [-0.4, -0.2) is 4.68 Å². The molecule has 0 radical (unpaired) electrons. The van der Waals surface area contributed by atoms with E-state index in [-0.39, 0.29) is 5.43 Å². The van der Waals surface area contributed by atoms with Crippen LogP contribution in [0.15, 0.2) is 108 Å². The van der Waals surface area contributed by atoms with Crippen LogP contribution in [0.3, 0.4) is 0 Å². The zero-order chi connectivity index (χ0) is 17.1. The summed E-state index contributed by atoms with van der Waals surface area (Å²) in [6.07, 6.45) is 3.95. The van der Waals surface area contributed by atoms with Gasteiger partial charge in [0.05, 0.1) is 0 Å². The number of benzene rings is 2. The van der Waals surface area contributed by atoms with Gasteiger partial charge in [0, 0.05) is 35.4 Å². The fourth-order valence-corrected chi connectivity index (χ4v) is 2.96. The zero-order valence-electron chi connectivity index (χ0n) is 13.6. The molecule has 0 unspecified atom stereocenters. The lowest BCUT2D eigenvalue weighted by Gasteiger charge is -2.13. The fraction of sp³-hybridized carbons (Fsp3) is 0. The molecular formula is C22H17N2O+. The average Bonchev–Trinajstić information content (AvgIpc) is 2.69. The molecule has 120 valence electrons. The molecule has 0 atom stereocenters. The maximum atomic E-state index is 12.4. The number of nitrogens with zero attached hydrogens (tertiary/aromatic N) is 2. The first kappa shape index (κ1) is 15.1. The minimum absolute atomic E-state index is 0.00881. The first-order valence-corrected chi connectivity index (χ1v) is 8.18. The van der Waals surface area contributed by atoms with Gasteiger partial charge in [-0.05, 0) is 0 Å². The highest BCUT2D eigenvalue weighted by atomic mass is 16.1. The van der Waals surface area contributed by atoms with E-state index >= 15 is 0 Å². The maximum Gasteiger partial charge on any atom is 0.200 e. The van der Waals surface area contributed by atoms with Gasteiger partial charge < -0.3 is 0 Å². The molecule has 2 aromatic carbocycles. The molecule has 2 aromatic heterocycles. The Bertz CT molecular complexity index is 976. The van der Waals surface area contributed by atoms with Crippen LogP contribution < -0.4 is 10.1 Å². The second-order valence-corrected chi connectivity index (χ2v) is 5.76. The van der Waals surface area contributed by atoms with Crippen molar-refractivity contribution in [3.8, 4) is 22.5 Å². The summed E-state index contributed by atoms with van der Waals surface area (Å²) in [5.41, 5.74) is 3.68. The summed E-state index contributed by atoms with van der Waals surface area (Å²) in [5, 5.41) is 0. The van der Waals surface area contributed by atoms with Gasteiger partial charge >= 0.3 is 0 Å². The molecule has 25 heavy (non-hydrogen) atoms. The number of pyridine rings is 2. The molecular weight excluding hydrogens is 308 g/mol. The quantitative estimate of drug-likeness (QED) is 0.526. The van der Waals surface area contributed by atoms with Crippen molar-refractivity contribution < 1.29 is 4.68 Å². The van der Waals surface area contributed by atoms with Crippen molar-refractivity contribution in [3.05, 3.63) is 114 Å². The van der Waals surface area contributed by atoms with Crippen LogP contribution in [0.5, 0.6) is 0 Å². The van der Waals surface area contributed by atoms with Crippen LogP contribution >= 0.6 is 0 Å². The molecule has 0 fully saturated rings. The highest BCUT2D eigenvalue weighted by molar-refractivity contribution is 5.66. The van der Waals surface area contributed by atoms with Gasteiger partial charge in [0.2, 0.25) is 12.4 Å². The summed E-state index contributed by atoms with van der Waals surface area (Å²) in [6, 6.07) is 29.2. The highest BCUT2D eigenvalue weighted by Crippen LogP contribution is 2.23. The van der Waals surface area contributed by atoms with E-state index in [0.29, 0.717) is 0 Å². The van der Waals surface area contributed by atoms with Crippen molar-refractivity contribution in [2.75, 3.05) is 0 Å². The van der Waals surface area contributed by atoms with E-state index in [1.54, 1.807) is 12.1 Å². The molecule has 0 bridgehead atoms. The molecule has 0 aliphatic carbocycles. The standard InChI is InChI=1S/C22H17N2O/c25-20-16-21(18-10-4-1-5-11-18)24(23-14-8-3-9-15-23)22(17-20)19-12-6-2-7-13-19/h1-17H/q+1. The summed E-state index contributed by atoms with van der Waals surface area (Å²) >= 11 is 0. The number of hydrogen-bond donors (Lipinski definition) is 0. The topological polar surface area (TPSA) is 25.9 Å². The lowest BCUT2D eigenvalue weighted by Crippen LogP contribution is -2.43. The Morgan fingerprint density at radius 1 is 0.600 bits per heavy atom. The first-order chi connectivity index (χ1) is 12.3. The van der Waals surface area contributed by atoms with Gasteiger partial charge in [0.1, 0.15) is 11.4 Å². The molecule has 0 saturated heterocycles. The Balaban J connectivity index is 2.09. The second kappa shape index (κ2) is 6.57. The lowest BCUT2D eigenvalue weighted by atomic mass is 10.1. The van der Waals surface area contributed by atoms with E-state index in [2.05, 4.69) is 4.68 Å². The Morgan fingerprint density at radius 3 is 1.52 bits per heavy atom. The Morgan fingerprint density at radius 2 is 1.04 bits per heavy atom. The summed E-state index contributed by atoms with van der Waals surface area (Å²) in [5.74, 6) is 0. The van der Waals surface area contributed by atoms with E-state index in [0.717, 1.165) is 22.5 Å². The highest BCUT2D eigenvalue weighted by Gasteiger charge is 2.18. The van der Waals surface area contributed by atoms with Gasteiger partial charge in [-0.3, -0.25) is 4.79 Å². The van der Waals surface area contributed by atoms with E-state index in [4.69, 9.17) is 0 Å². The molecule has 2 heterocycles. The Labute approximate surface area is 146 Å². The van der Waals surface area contributed by atoms with Crippen molar-refractivity contribution in [3.63, 3.8) is 0 Å². The Hall–Kier alpha value is -3.46. The zero-order valence-corrected chi connectivity index (χ0v) is 13.6. The number of aromatic nitrogens is 2. The minimum atomic E-state index is -0.00881. The SMILES string of the molecule is O=c1cc(-c2ccccc2)n(-[n+]2ccccc2)c(-c2ccccc2)c1. The van der Waals surface area contributed by atoms with Gasteiger partial charge in [-0.15, -0.1) is 4.68 Å². The molecule has 0 aliphatic heterocycles. The van der Waals surface area contributed by atoms with Crippen LogP contribution in [0.25, 0.3) is 22.5 Å². The van der Waals surface area contributed by atoms with E-state index in [9.17, 15) is 4.79 Å². The van der Waals surface area contributed by atoms with Gasteiger partial charge in [-0.2, -0.15) is 0 Å². The van der Waals surface area contributed by atoms with Crippen LogP contribution in [0.4, 0.5) is 0 Å². The molecule has 4 aromatic rings. The monoisotopic (exact) mass is 325 g/mol. The minimum Gasteiger partial charge on any atom is -0.290 e. The molecule has 0 saturated carbocycles. The predicted molar refractivity (Wildman–Crippen MR) is 99.0 cm³/mol. The molecule has 0 amide bonds. The van der Waals surface area contributed by atoms with Crippen molar-refractivity contribution in [2.24, 2.45) is 0 Å². The molecule has 3 heteroatoms. The Kier molecular flexibility index (Phi) is 3.97. The van der Waals surface area contributed by atoms with Crippen molar-refractivity contribution in [1.29, 1.82) is 0 Å². The third-order valence-corrected chi connectivity index (χ3v) is 4.08. The maximum absolute atomic E-state index is 12.4. The third-order valence-electron chi connectivity index (χ3n) is 4.08. The lowest BCUT2D eigenvalue weighted by molar-refractivity contribution is -0.725. The van der Waals surface area contributed by atoms with E-state index < -0.39 is 0 Å². The molecule has 0 aliphatic rings. The first-order valence-electron chi connectivity index (χ1n) is 8.18. The summed E-state index contributed by atoms with van der Waals surface area (Å²) < 4.78 is 4.05. The summed E-state index contributed by atoms with van der Waals surface area (Å²) in [7, 11) is 0. The normalized spacial score (nSPS) is 10.6. The third kappa shape index (κ3) is 3.00. The van der Waals surface area contributed by atoms with Crippen molar-refractivity contribution >= 4 is 0 Å². The van der Waals surface area contributed by atoms with Gasteiger partial charge in [-0.25, -0.2) is 0 Å². The van der Waals surface area contributed by atoms with Gasteiger partial charge in [0.15, 0.2) is 5.43 Å². The summed E-state index contributed by atoms with van der Waals surface area (Å²) in [6.45, 7) is 0. The predicted octanol–water partition coefficient (Wildman–Crippen LogP) is 3.78. The molecule has 4 rings (SSSR count). The van der Waals surface area contributed by atoms with Crippen molar-refractivity contribution in [1.82, 2.24) is 4.68 Å². The van der Waals surface area contributed by atoms with Gasteiger partial charge in [0.25, 0.3) is 0 Å². The summed E-state index contributed by atoms with van der Waals surface area (Å²) in [4.78, 5) is 12.4. The molecule has 0 N–H and O–H groups in total. The largest absolute Gasteiger partial charge is 0.290 e. The van der Waals surface area contributed by atoms with Crippen LogP contribution in [-0.2, 0) is 0 Å². The van der Waals surface area contributed by atoms with E-state index in [1.807, 2.05) is 95.9 Å². The van der Waals surface area contributed by atoms with Crippen LogP contribution in [0, 0.1) is 0 Å².